The fraction of sp³-hybridized carbons (Fsp3) is 0.364. The molecule has 3 nitrogen and oxygen atoms in total. The highest BCUT2D eigenvalue weighted by Gasteiger charge is 2.50. The van der Waals surface area contributed by atoms with Gasteiger partial charge in [-0.1, -0.05) is 12.1 Å². The molecule has 1 aliphatic carbocycles. The molecule has 1 aromatic carbocycles. The standard InChI is InChI=1S/C11H11NO2/c12-8-4-1-3-7-9(8)10(13)14-11(7)5-2-6-11/h1,3-4H,2,5-6,12H2. The number of carbonyl (C=O) groups is 1. The topological polar surface area (TPSA) is 52.3 Å². The van der Waals surface area contributed by atoms with Crippen LogP contribution in [0.3, 0.4) is 0 Å². The third-order valence-electron chi connectivity index (χ3n) is 3.24. The van der Waals surface area contributed by atoms with E-state index in [0.717, 1.165) is 24.8 Å². The van der Waals surface area contributed by atoms with Gasteiger partial charge in [-0.25, -0.2) is 4.79 Å². The molecule has 0 saturated heterocycles. The lowest BCUT2D eigenvalue weighted by atomic mass is 9.75. The van der Waals surface area contributed by atoms with Gasteiger partial charge < -0.3 is 10.5 Å². The van der Waals surface area contributed by atoms with Crippen molar-refractivity contribution in [2.24, 2.45) is 0 Å². The van der Waals surface area contributed by atoms with Crippen molar-refractivity contribution >= 4 is 11.7 Å². The van der Waals surface area contributed by atoms with Crippen LogP contribution in [-0.2, 0) is 10.3 Å². The Balaban J connectivity index is 2.24. The summed E-state index contributed by atoms with van der Waals surface area (Å²) in [6, 6.07) is 5.59. The zero-order valence-electron chi connectivity index (χ0n) is 7.75. The first-order valence-corrected chi connectivity index (χ1v) is 4.85. The van der Waals surface area contributed by atoms with E-state index < -0.39 is 0 Å². The van der Waals surface area contributed by atoms with E-state index in [0.29, 0.717) is 11.3 Å². The second-order valence-corrected chi connectivity index (χ2v) is 4.01. The second-order valence-electron chi connectivity index (χ2n) is 4.01. The quantitative estimate of drug-likeness (QED) is 0.500. The van der Waals surface area contributed by atoms with Crippen molar-refractivity contribution in [3.8, 4) is 0 Å². The van der Waals surface area contributed by atoms with Crippen LogP contribution in [0.15, 0.2) is 18.2 Å². The Kier molecular flexibility index (Phi) is 1.29. The van der Waals surface area contributed by atoms with Crippen molar-refractivity contribution in [1.82, 2.24) is 0 Å². The first kappa shape index (κ1) is 7.85. The van der Waals surface area contributed by atoms with Crippen molar-refractivity contribution in [3.63, 3.8) is 0 Å². The number of nitrogen functional groups attached to an aromatic ring is 1. The average Bonchev–Trinajstić information content (AvgIpc) is 2.40. The molecule has 1 aliphatic heterocycles. The number of hydrogen-bond donors (Lipinski definition) is 1. The molecular formula is C11H11NO2. The second kappa shape index (κ2) is 2.29. The summed E-state index contributed by atoms with van der Waals surface area (Å²) in [7, 11) is 0. The van der Waals surface area contributed by atoms with Gasteiger partial charge in [0.2, 0.25) is 0 Å². The maximum absolute atomic E-state index is 11.6. The summed E-state index contributed by atoms with van der Waals surface area (Å²) in [5.41, 5.74) is 7.57. The van der Waals surface area contributed by atoms with E-state index >= 15 is 0 Å². The number of anilines is 1. The van der Waals surface area contributed by atoms with Crippen LogP contribution in [0.1, 0.15) is 35.2 Å². The predicted molar refractivity (Wildman–Crippen MR) is 51.8 cm³/mol. The molecule has 3 rings (SSSR count). The summed E-state index contributed by atoms with van der Waals surface area (Å²) in [5, 5.41) is 0. The molecular weight excluding hydrogens is 178 g/mol. The van der Waals surface area contributed by atoms with E-state index in [1.54, 1.807) is 6.07 Å². The smallest absolute Gasteiger partial charge is 0.341 e. The van der Waals surface area contributed by atoms with E-state index in [4.69, 9.17) is 10.5 Å². The molecule has 1 saturated carbocycles. The molecule has 1 spiro atoms. The molecule has 72 valence electrons. The molecule has 0 bridgehead atoms. The molecule has 0 amide bonds. The van der Waals surface area contributed by atoms with Crippen molar-refractivity contribution in [3.05, 3.63) is 29.3 Å². The van der Waals surface area contributed by atoms with Crippen LogP contribution >= 0.6 is 0 Å². The normalized spacial score (nSPS) is 21.6. The van der Waals surface area contributed by atoms with E-state index in [-0.39, 0.29) is 11.6 Å². The Morgan fingerprint density at radius 2 is 2.14 bits per heavy atom. The summed E-state index contributed by atoms with van der Waals surface area (Å²) in [6.07, 6.45) is 3.01. The molecule has 2 aliphatic rings. The number of carbonyl (C=O) groups excluding carboxylic acids is 1. The molecule has 1 aromatic rings. The van der Waals surface area contributed by atoms with Crippen LogP contribution in [0.25, 0.3) is 0 Å². The molecule has 3 heteroatoms. The van der Waals surface area contributed by atoms with Gasteiger partial charge in [0.15, 0.2) is 0 Å². The lowest BCUT2D eigenvalue weighted by Crippen LogP contribution is -2.33. The van der Waals surface area contributed by atoms with Gasteiger partial charge >= 0.3 is 5.97 Å². The largest absolute Gasteiger partial charge is 0.450 e. The number of rotatable bonds is 0. The van der Waals surface area contributed by atoms with Crippen molar-refractivity contribution < 1.29 is 9.53 Å². The van der Waals surface area contributed by atoms with Gasteiger partial charge in [-0.2, -0.15) is 0 Å². The number of nitrogens with two attached hydrogens (primary N) is 1. The van der Waals surface area contributed by atoms with Crippen LogP contribution < -0.4 is 5.73 Å². The van der Waals surface area contributed by atoms with E-state index in [2.05, 4.69) is 0 Å². The maximum Gasteiger partial charge on any atom is 0.341 e. The maximum atomic E-state index is 11.6. The summed E-state index contributed by atoms with van der Waals surface area (Å²) >= 11 is 0. The highest BCUT2D eigenvalue weighted by molar-refractivity contribution is 6.00. The molecule has 0 radical (unpaired) electrons. The Morgan fingerprint density at radius 1 is 1.36 bits per heavy atom. The van der Waals surface area contributed by atoms with Gasteiger partial charge in [-0.05, 0) is 25.3 Å². The van der Waals surface area contributed by atoms with E-state index in [9.17, 15) is 4.79 Å². The van der Waals surface area contributed by atoms with Crippen LogP contribution in [0.5, 0.6) is 0 Å². The third-order valence-corrected chi connectivity index (χ3v) is 3.24. The summed E-state index contributed by atoms with van der Waals surface area (Å²) in [4.78, 5) is 11.6. The number of esters is 1. The van der Waals surface area contributed by atoms with Gasteiger partial charge in [0, 0.05) is 11.3 Å². The van der Waals surface area contributed by atoms with E-state index in [1.165, 1.54) is 0 Å². The Morgan fingerprint density at radius 3 is 2.79 bits per heavy atom. The molecule has 1 fully saturated rings. The minimum Gasteiger partial charge on any atom is -0.450 e. The SMILES string of the molecule is Nc1cccc2c1C(=O)OC21CCC1. The summed E-state index contributed by atoms with van der Waals surface area (Å²) in [5.74, 6) is -0.252. The lowest BCUT2D eigenvalue weighted by molar-refractivity contribution is -0.0535. The Labute approximate surface area is 81.9 Å². The summed E-state index contributed by atoms with van der Waals surface area (Å²) in [6.45, 7) is 0. The lowest BCUT2D eigenvalue weighted by Gasteiger charge is -2.37. The molecule has 2 N–H and O–H groups in total. The fourth-order valence-corrected chi connectivity index (χ4v) is 2.33. The molecule has 0 aromatic heterocycles. The van der Waals surface area contributed by atoms with Gasteiger partial charge in [-0.3, -0.25) is 0 Å². The van der Waals surface area contributed by atoms with Crippen molar-refractivity contribution in [2.75, 3.05) is 5.73 Å². The summed E-state index contributed by atoms with van der Waals surface area (Å²) < 4.78 is 5.42. The van der Waals surface area contributed by atoms with Crippen LogP contribution in [0, 0.1) is 0 Å². The van der Waals surface area contributed by atoms with Gasteiger partial charge in [0.25, 0.3) is 0 Å². The number of benzene rings is 1. The third kappa shape index (κ3) is 0.750. The van der Waals surface area contributed by atoms with Gasteiger partial charge in [0.05, 0.1) is 5.56 Å². The number of hydrogen-bond acceptors (Lipinski definition) is 3. The molecule has 1 heterocycles. The van der Waals surface area contributed by atoms with Crippen LogP contribution in [0.4, 0.5) is 5.69 Å². The monoisotopic (exact) mass is 189 g/mol. The zero-order chi connectivity index (χ0) is 9.76. The van der Waals surface area contributed by atoms with Gasteiger partial charge in [-0.15, -0.1) is 0 Å². The fourth-order valence-electron chi connectivity index (χ4n) is 2.33. The first-order chi connectivity index (χ1) is 6.73. The number of fused-ring (bicyclic) bond motifs is 2. The Bertz CT molecular complexity index is 421. The highest BCUT2D eigenvalue weighted by Crippen LogP contribution is 2.51. The molecule has 14 heavy (non-hydrogen) atoms. The molecule has 0 atom stereocenters. The van der Waals surface area contributed by atoms with Crippen LogP contribution in [-0.4, -0.2) is 5.97 Å². The average molecular weight is 189 g/mol. The minimum absolute atomic E-state index is 0.252. The van der Waals surface area contributed by atoms with Gasteiger partial charge in [0.1, 0.15) is 5.60 Å². The highest BCUT2D eigenvalue weighted by atomic mass is 16.6. The van der Waals surface area contributed by atoms with Crippen molar-refractivity contribution in [1.29, 1.82) is 0 Å². The first-order valence-electron chi connectivity index (χ1n) is 4.85. The Hall–Kier alpha value is -1.51. The van der Waals surface area contributed by atoms with E-state index in [1.807, 2.05) is 12.1 Å². The predicted octanol–water partition coefficient (Wildman–Crippen LogP) is 1.82. The number of ether oxygens (including phenoxy) is 1. The molecule has 0 unspecified atom stereocenters. The van der Waals surface area contributed by atoms with Crippen LogP contribution in [0.2, 0.25) is 0 Å². The zero-order valence-corrected chi connectivity index (χ0v) is 7.75. The van der Waals surface area contributed by atoms with Crippen molar-refractivity contribution in [2.45, 2.75) is 24.9 Å². The minimum atomic E-state index is -0.318.